The van der Waals surface area contributed by atoms with E-state index in [1.165, 1.54) is 19.3 Å². The number of carbonyl (C=O) groups is 1. The largest absolute Gasteiger partial charge is 0.458 e. The van der Waals surface area contributed by atoms with Crippen LogP contribution in [0, 0.1) is 0 Å². The van der Waals surface area contributed by atoms with Crippen LogP contribution in [0.15, 0.2) is 42.5 Å². The molecule has 136 valence electrons. The zero-order valence-electron chi connectivity index (χ0n) is 15.2. The average Bonchev–Trinajstić information content (AvgIpc) is 2.63. The standard InChI is InChI=1S/C22H30O3/c1-2-3-4-5-6-7-10-21(23)19-15-12-18(13-16-19)14-17-20-9-8-11-22(24)25-20/h6-7,12-17,20-21,23H,2-5,8-11H2,1H3/b7-6-,17-14-/t20-,21?/m0/s1. The maximum atomic E-state index is 11.3. The molecule has 0 spiro atoms. The normalized spacial score (nSPS) is 19.4. The van der Waals surface area contributed by atoms with Gasteiger partial charge in [-0.15, -0.1) is 0 Å². The Hall–Kier alpha value is -1.87. The van der Waals surface area contributed by atoms with E-state index in [4.69, 9.17) is 4.74 Å². The molecule has 1 aliphatic rings. The molecule has 3 heteroatoms. The summed E-state index contributed by atoms with van der Waals surface area (Å²) >= 11 is 0. The van der Waals surface area contributed by atoms with E-state index in [-0.39, 0.29) is 12.1 Å². The summed E-state index contributed by atoms with van der Waals surface area (Å²) in [5, 5.41) is 10.3. The molecule has 1 saturated heterocycles. The highest BCUT2D eigenvalue weighted by molar-refractivity contribution is 5.70. The quantitative estimate of drug-likeness (QED) is 0.373. The zero-order chi connectivity index (χ0) is 17.9. The molecule has 0 bridgehead atoms. The molecule has 3 nitrogen and oxygen atoms in total. The van der Waals surface area contributed by atoms with Gasteiger partial charge < -0.3 is 9.84 Å². The number of esters is 1. The van der Waals surface area contributed by atoms with Crippen LogP contribution in [-0.2, 0) is 9.53 Å². The third-order valence-electron chi connectivity index (χ3n) is 4.48. The molecular formula is C22H30O3. The van der Waals surface area contributed by atoms with E-state index in [9.17, 15) is 9.90 Å². The van der Waals surface area contributed by atoms with Crippen LogP contribution in [0.2, 0.25) is 0 Å². The summed E-state index contributed by atoms with van der Waals surface area (Å²) in [6.45, 7) is 2.20. The van der Waals surface area contributed by atoms with Crippen LogP contribution in [-0.4, -0.2) is 17.2 Å². The Morgan fingerprint density at radius 3 is 2.76 bits per heavy atom. The van der Waals surface area contributed by atoms with Crippen LogP contribution in [0.5, 0.6) is 0 Å². The van der Waals surface area contributed by atoms with E-state index in [0.717, 1.165) is 30.4 Å². The van der Waals surface area contributed by atoms with Crippen LogP contribution in [0.3, 0.4) is 0 Å². The van der Waals surface area contributed by atoms with E-state index in [2.05, 4.69) is 19.1 Å². The Morgan fingerprint density at radius 2 is 2.04 bits per heavy atom. The number of hydrogen-bond donors (Lipinski definition) is 1. The molecule has 0 aliphatic carbocycles. The van der Waals surface area contributed by atoms with Crippen molar-refractivity contribution in [2.24, 2.45) is 0 Å². The van der Waals surface area contributed by atoms with E-state index < -0.39 is 6.10 Å². The number of benzene rings is 1. The average molecular weight is 342 g/mol. The number of aliphatic hydroxyl groups is 1. The third kappa shape index (κ3) is 7.27. The summed E-state index contributed by atoms with van der Waals surface area (Å²) in [6, 6.07) is 7.90. The van der Waals surface area contributed by atoms with Gasteiger partial charge in [0.05, 0.1) is 6.10 Å². The molecule has 2 rings (SSSR count). The zero-order valence-corrected chi connectivity index (χ0v) is 15.2. The molecule has 0 radical (unpaired) electrons. The Bertz CT molecular complexity index is 571. The maximum Gasteiger partial charge on any atom is 0.306 e. The van der Waals surface area contributed by atoms with Gasteiger partial charge in [-0.2, -0.15) is 0 Å². The van der Waals surface area contributed by atoms with Gasteiger partial charge in [-0.05, 0) is 49.3 Å². The van der Waals surface area contributed by atoms with Crippen LogP contribution >= 0.6 is 0 Å². The van der Waals surface area contributed by atoms with E-state index in [1.54, 1.807) is 0 Å². The number of carbonyl (C=O) groups excluding carboxylic acids is 1. The van der Waals surface area contributed by atoms with Gasteiger partial charge >= 0.3 is 5.97 Å². The van der Waals surface area contributed by atoms with E-state index >= 15 is 0 Å². The number of allylic oxidation sites excluding steroid dienone is 1. The molecule has 1 aliphatic heterocycles. The lowest BCUT2D eigenvalue weighted by molar-refractivity contribution is -0.150. The topological polar surface area (TPSA) is 46.5 Å². The molecule has 2 atom stereocenters. The van der Waals surface area contributed by atoms with Crippen molar-refractivity contribution in [2.45, 2.75) is 70.5 Å². The highest BCUT2D eigenvalue weighted by Crippen LogP contribution is 2.20. The fourth-order valence-corrected chi connectivity index (χ4v) is 2.91. The second-order valence-corrected chi connectivity index (χ2v) is 6.67. The lowest BCUT2D eigenvalue weighted by atomic mass is 10.0. The smallest absolute Gasteiger partial charge is 0.306 e. The third-order valence-corrected chi connectivity index (χ3v) is 4.48. The lowest BCUT2D eigenvalue weighted by Crippen LogP contribution is -2.21. The molecule has 1 heterocycles. The van der Waals surface area contributed by atoms with Gasteiger partial charge in [0.2, 0.25) is 0 Å². The fraction of sp³-hybridized carbons (Fsp3) is 0.500. The van der Waals surface area contributed by atoms with Crippen molar-refractivity contribution in [2.75, 3.05) is 0 Å². The van der Waals surface area contributed by atoms with Crippen LogP contribution in [0.4, 0.5) is 0 Å². The minimum Gasteiger partial charge on any atom is -0.458 e. The molecule has 0 amide bonds. The van der Waals surface area contributed by atoms with Crippen molar-refractivity contribution in [3.8, 4) is 0 Å². The molecular weight excluding hydrogens is 312 g/mol. The number of aliphatic hydroxyl groups excluding tert-OH is 1. The minimum absolute atomic E-state index is 0.107. The summed E-state index contributed by atoms with van der Waals surface area (Å²) in [4.78, 5) is 11.3. The molecule has 1 aromatic rings. The second kappa shape index (κ2) is 10.9. The summed E-state index contributed by atoms with van der Waals surface area (Å²) in [5.41, 5.74) is 1.98. The van der Waals surface area contributed by atoms with E-state index in [0.29, 0.717) is 12.8 Å². The molecule has 0 saturated carbocycles. The Balaban J connectivity index is 1.79. The first-order chi connectivity index (χ1) is 12.2. The molecule has 1 unspecified atom stereocenters. The predicted molar refractivity (Wildman–Crippen MR) is 102 cm³/mol. The number of rotatable bonds is 9. The Labute approximate surface area is 151 Å². The number of hydrogen-bond acceptors (Lipinski definition) is 3. The van der Waals surface area contributed by atoms with Crippen molar-refractivity contribution >= 4 is 12.0 Å². The van der Waals surface area contributed by atoms with Gasteiger partial charge in [0.15, 0.2) is 0 Å². The Kier molecular flexibility index (Phi) is 8.47. The molecule has 1 aromatic carbocycles. The lowest BCUT2D eigenvalue weighted by Gasteiger charge is -2.18. The minimum atomic E-state index is -0.459. The maximum absolute atomic E-state index is 11.3. The monoisotopic (exact) mass is 342 g/mol. The van der Waals surface area contributed by atoms with Gasteiger partial charge in [0.1, 0.15) is 6.10 Å². The van der Waals surface area contributed by atoms with Crippen molar-refractivity contribution < 1.29 is 14.6 Å². The van der Waals surface area contributed by atoms with E-state index in [1.807, 2.05) is 36.4 Å². The van der Waals surface area contributed by atoms with Gasteiger partial charge in [-0.3, -0.25) is 4.79 Å². The summed E-state index contributed by atoms with van der Waals surface area (Å²) in [7, 11) is 0. The SMILES string of the molecule is CCCCC/C=C\CC(O)c1ccc(/C=C\[C@@H]2CCCC(=O)O2)cc1. The van der Waals surface area contributed by atoms with Crippen molar-refractivity contribution in [1.82, 2.24) is 0 Å². The summed E-state index contributed by atoms with van der Waals surface area (Å²) in [5.74, 6) is -0.109. The molecule has 0 aromatic heterocycles. The van der Waals surface area contributed by atoms with Gasteiger partial charge in [0, 0.05) is 6.42 Å². The van der Waals surface area contributed by atoms with Crippen LogP contribution in [0.25, 0.3) is 6.08 Å². The molecule has 25 heavy (non-hydrogen) atoms. The van der Waals surface area contributed by atoms with Gasteiger partial charge in [-0.25, -0.2) is 0 Å². The highest BCUT2D eigenvalue weighted by atomic mass is 16.5. The summed E-state index contributed by atoms with van der Waals surface area (Å²) in [6.07, 6.45) is 15.4. The first-order valence-corrected chi connectivity index (χ1v) is 9.49. The first-order valence-electron chi connectivity index (χ1n) is 9.49. The first kappa shape index (κ1) is 19.5. The van der Waals surface area contributed by atoms with Gasteiger partial charge in [0.25, 0.3) is 0 Å². The van der Waals surface area contributed by atoms with Crippen LogP contribution in [0.1, 0.15) is 75.5 Å². The fourth-order valence-electron chi connectivity index (χ4n) is 2.91. The van der Waals surface area contributed by atoms with Crippen molar-refractivity contribution in [1.29, 1.82) is 0 Å². The predicted octanol–water partition coefficient (Wildman–Crippen LogP) is 5.36. The van der Waals surface area contributed by atoms with Crippen molar-refractivity contribution in [3.63, 3.8) is 0 Å². The number of cyclic esters (lactones) is 1. The number of ether oxygens (including phenoxy) is 1. The molecule has 1 fully saturated rings. The summed E-state index contributed by atoms with van der Waals surface area (Å²) < 4.78 is 5.28. The highest BCUT2D eigenvalue weighted by Gasteiger charge is 2.17. The molecule has 1 N–H and O–H groups in total. The number of unbranched alkanes of at least 4 members (excludes halogenated alkanes) is 3. The van der Waals surface area contributed by atoms with Gasteiger partial charge in [-0.1, -0.05) is 62.3 Å². The van der Waals surface area contributed by atoms with Crippen LogP contribution < -0.4 is 0 Å². The second-order valence-electron chi connectivity index (χ2n) is 6.67. The van der Waals surface area contributed by atoms with Crippen molar-refractivity contribution in [3.05, 3.63) is 53.6 Å². The Morgan fingerprint density at radius 1 is 1.24 bits per heavy atom.